The number of hydrogen-bond acceptors (Lipinski definition) is 8. The van der Waals surface area contributed by atoms with Crippen molar-refractivity contribution in [1.29, 1.82) is 0 Å². The van der Waals surface area contributed by atoms with Gasteiger partial charge in [-0.25, -0.2) is 9.97 Å². The topological polar surface area (TPSA) is 119 Å². The minimum Gasteiger partial charge on any atom is -0.395 e. The van der Waals surface area contributed by atoms with Crippen LogP contribution in [0.4, 0.5) is 11.5 Å². The Morgan fingerprint density at radius 1 is 1.24 bits per heavy atom. The van der Waals surface area contributed by atoms with Gasteiger partial charge in [0.15, 0.2) is 5.82 Å². The number of benzene rings is 1. The number of anilines is 2. The van der Waals surface area contributed by atoms with Crippen LogP contribution in [0.2, 0.25) is 0 Å². The zero-order valence-corrected chi connectivity index (χ0v) is 17.5. The molecule has 0 amide bonds. The van der Waals surface area contributed by atoms with E-state index in [-0.39, 0.29) is 19.2 Å². The Bertz CT molecular complexity index is 964. The van der Waals surface area contributed by atoms with Crippen molar-refractivity contribution >= 4 is 33.5 Å². The molecule has 1 saturated heterocycles. The van der Waals surface area contributed by atoms with Crippen LogP contribution in [0.1, 0.15) is 18.4 Å². The molecule has 0 bridgehead atoms. The number of hydrogen-bond donors (Lipinski definition) is 4. The van der Waals surface area contributed by atoms with Crippen LogP contribution in [0.15, 0.2) is 40.5 Å². The number of likely N-dealkylation sites (tertiary alicyclic amines) is 1. The monoisotopic (exact) mass is 436 g/mol. The quantitative estimate of drug-likeness (QED) is 0.434. The predicted molar refractivity (Wildman–Crippen MR) is 111 cm³/mol. The highest BCUT2D eigenvalue weighted by molar-refractivity contribution is 7.99. The van der Waals surface area contributed by atoms with Crippen molar-refractivity contribution in [3.8, 4) is 0 Å². The Hall–Kier alpha value is -1.76. The highest BCUT2D eigenvalue weighted by atomic mass is 32.2. The molecule has 2 aliphatic rings. The van der Waals surface area contributed by atoms with Crippen molar-refractivity contribution in [3.05, 3.63) is 36.2 Å². The molecule has 0 atom stereocenters. The number of fused-ring (bicyclic) bond motifs is 2. The van der Waals surface area contributed by atoms with Crippen LogP contribution < -0.4 is 14.8 Å². The summed E-state index contributed by atoms with van der Waals surface area (Å²) in [5.74, 6) is 0.782. The number of aliphatic hydroxyl groups is 1. The molecule has 0 radical (unpaired) electrons. The van der Waals surface area contributed by atoms with Gasteiger partial charge in [-0.3, -0.25) is 4.90 Å². The zero-order chi connectivity index (χ0) is 20.3. The molecule has 1 aromatic carbocycles. The number of nitrogens with zero attached hydrogens (tertiary/aromatic N) is 3. The van der Waals surface area contributed by atoms with Crippen LogP contribution in [0.25, 0.3) is 0 Å². The van der Waals surface area contributed by atoms with Crippen LogP contribution in [0.3, 0.4) is 0 Å². The van der Waals surface area contributed by atoms with E-state index in [1.807, 2.05) is 0 Å². The Morgan fingerprint density at radius 2 is 2.03 bits per heavy atom. The summed E-state index contributed by atoms with van der Waals surface area (Å²) in [6.07, 6.45) is 4.88. The molecule has 2 aromatic rings. The average Bonchev–Trinajstić information content (AvgIpc) is 2.72. The fraction of sp³-hybridized carbons (Fsp3) is 0.444. The van der Waals surface area contributed by atoms with Gasteiger partial charge in [-0.2, -0.15) is 17.9 Å². The second-order valence-electron chi connectivity index (χ2n) is 7.06. The van der Waals surface area contributed by atoms with Gasteiger partial charge in [0.2, 0.25) is 0 Å². The maximum absolute atomic E-state index is 11.9. The highest BCUT2D eigenvalue weighted by Gasteiger charge is 2.24. The van der Waals surface area contributed by atoms with Crippen LogP contribution in [0, 0.1) is 0 Å². The maximum atomic E-state index is 11.9. The molecule has 4 rings (SSSR count). The standard InChI is InChI=1S/C18H24N6O3S2/c25-10-7-21-29(26,27)23-14-3-8-24(9-4-14)12-13-1-2-16-15(11-13)22-17-18(28-16)20-6-5-19-17/h1-2,5-6,11,14,21,23,25H,3-4,7-10,12H2,(H,19,22). The molecule has 0 unspecified atom stereocenters. The molecule has 0 spiro atoms. The minimum absolute atomic E-state index is 0.0227. The number of piperidine rings is 1. The third-order valence-corrected chi connectivity index (χ3v) is 7.18. The first-order chi connectivity index (χ1) is 14.0. The van der Waals surface area contributed by atoms with E-state index in [2.05, 4.69) is 47.8 Å². The van der Waals surface area contributed by atoms with Crippen molar-refractivity contribution in [2.45, 2.75) is 35.3 Å². The van der Waals surface area contributed by atoms with Gasteiger partial charge < -0.3 is 10.4 Å². The van der Waals surface area contributed by atoms with E-state index >= 15 is 0 Å². The molecular weight excluding hydrogens is 412 g/mol. The van der Waals surface area contributed by atoms with Crippen molar-refractivity contribution in [3.63, 3.8) is 0 Å². The van der Waals surface area contributed by atoms with E-state index < -0.39 is 10.2 Å². The average molecular weight is 437 g/mol. The van der Waals surface area contributed by atoms with Gasteiger partial charge >= 0.3 is 0 Å². The molecule has 9 nitrogen and oxygen atoms in total. The summed E-state index contributed by atoms with van der Waals surface area (Å²) in [4.78, 5) is 12.1. The molecule has 0 aliphatic carbocycles. The van der Waals surface area contributed by atoms with E-state index in [0.717, 1.165) is 53.9 Å². The summed E-state index contributed by atoms with van der Waals surface area (Å²) < 4.78 is 28.8. The molecule has 1 aromatic heterocycles. The summed E-state index contributed by atoms with van der Waals surface area (Å²) in [6.45, 7) is 2.26. The molecule has 4 N–H and O–H groups in total. The summed E-state index contributed by atoms with van der Waals surface area (Å²) in [5.41, 5.74) is 2.24. The van der Waals surface area contributed by atoms with Crippen molar-refractivity contribution in [2.24, 2.45) is 0 Å². The second-order valence-corrected chi connectivity index (χ2v) is 9.62. The number of rotatable bonds is 7. The van der Waals surface area contributed by atoms with E-state index in [9.17, 15) is 8.42 Å². The van der Waals surface area contributed by atoms with Crippen molar-refractivity contribution < 1.29 is 13.5 Å². The normalized spacial score (nSPS) is 17.4. The van der Waals surface area contributed by atoms with Gasteiger partial charge in [0.05, 0.1) is 12.3 Å². The zero-order valence-electron chi connectivity index (χ0n) is 15.8. The highest BCUT2D eigenvalue weighted by Crippen LogP contribution is 2.42. The van der Waals surface area contributed by atoms with Gasteiger partial charge in [0, 0.05) is 49.5 Å². The number of aromatic nitrogens is 2. The smallest absolute Gasteiger partial charge is 0.277 e. The van der Waals surface area contributed by atoms with Crippen molar-refractivity contribution in [2.75, 3.05) is 31.6 Å². The molecule has 29 heavy (non-hydrogen) atoms. The largest absolute Gasteiger partial charge is 0.395 e. The van der Waals surface area contributed by atoms with Crippen LogP contribution in [0.5, 0.6) is 0 Å². The first-order valence-corrected chi connectivity index (χ1v) is 11.8. The third-order valence-electron chi connectivity index (χ3n) is 4.89. The van der Waals surface area contributed by atoms with Crippen LogP contribution in [-0.2, 0) is 16.8 Å². The summed E-state index contributed by atoms with van der Waals surface area (Å²) >= 11 is 1.61. The molecule has 11 heteroatoms. The van der Waals surface area contributed by atoms with Gasteiger partial charge in [0.25, 0.3) is 10.2 Å². The van der Waals surface area contributed by atoms with Crippen LogP contribution in [-0.4, -0.2) is 60.7 Å². The van der Waals surface area contributed by atoms with Crippen molar-refractivity contribution in [1.82, 2.24) is 24.3 Å². The molecule has 0 saturated carbocycles. The Balaban J connectivity index is 1.32. The fourth-order valence-corrected chi connectivity index (χ4v) is 5.48. The first-order valence-electron chi connectivity index (χ1n) is 9.51. The lowest BCUT2D eigenvalue weighted by Crippen LogP contribution is -2.48. The van der Waals surface area contributed by atoms with Gasteiger partial charge in [-0.1, -0.05) is 17.8 Å². The summed E-state index contributed by atoms with van der Waals surface area (Å²) in [6, 6.07) is 6.29. The van der Waals surface area contributed by atoms with E-state index in [4.69, 9.17) is 5.11 Å². The SMILES string of the molecule is O=S(=O)(NCCO)NC1CCN(Cc2ccc3c(c2)Nc2nccnc2S3)CC1. The molecule has 1 fully saturated rings. The number of aliphatic hydroxyl groups excluding tert-OH is 1. The summed E-state index contributed by atoms with van der Waals surface area (Å²) in [5, 5.41) is 13.0. The van der Waals surface area contributed by atoms with Crippen LogP contribution >= 0.6 is 11.8 Å². The van der Waals surface area contributed by atoms with E-state index in [0.29, 0.717) is 0 Å². The number of nitrogens with one attached hydrogen (secondary N) is 3. The summed E-state index contributed by atoms with van der Waals surface area (Å²) in [7, 11) is -3.55. The maximum Gasteiger partial charge on any atom is 0.277 e. The van der Waals surface area contributed by atoms with Gasteiger partial charge in [0.1, 0.15) is 5.03 Å². The Labute approximate surface area is 174 Å². The van der Waals surface area contributed by atoms with Gasteiger partial charge in [-0.15, -0.1) is 0 Å². The van der Waals surface area contributed by atoms with E-state index in [1.165, 1.54) is 5.56 Å². The molecular formula is C18H24N6O3S2. The first kappa shape index (κ1) is 20.5. The third kappa shape index (κ3) is 5.24. The van der Waals surface area contributed by atoms with Gasteiger partial charge in [-0.05, 0) is 30.5 Å². The lowest BCUT2D eigenvalue weighted by Gasteiger charge is -2.32. The Morgan fingerprint density at radius 3 is 2.83 bits per heavy atom. The second kappa shape index (κ2) is 8.94. The molecule has 3 heterocycles. The lowest BCUT2D eigenvalue weighted by molar-refractivity contribution is 0.199. The predicted octanol–water partition coefficient (Wildman–Crippen LogP) is 1.07. The minimum atomic E-state index is -3.55. The molecule has 156 valence electrons. The van der Waals surface area contributed by atoms with E-state index in [1.54, 1.807) is 24.2 Å². The lowest BCUT2D eigenvalue weighted by atomic mass is 10.1. The Kier molecular flexibility index (Phi) is 6.32. The molecule has 2 aliphatic heterocycles. The fourth-order valence-electron chi connectivity index (χ4n) is 3.49.